The van der Waals surface area contributed by atoms with Crippen LogP contribution >= 0.6 is 0 Å². The number of carbonyl (C=O) groups excluding carboxylic acids is 1. The summed E-state index contributed by atoms with van der Waals surface area (Å²) in [6, 6.07) is 5.95. The molecular formula is C20H31FN4O4S. The predicted molar refractivity (Wildman–Crippen MR) is 113 cm³/mol. The van der Waals surface area contributed by atoms with Crippen molar-refractivity contribution in [3.63, 3.8) is 0 Å². The van der Waals surface area contributed by atoms with Crippen molar-refractivity contribution in [2.24, 2.45) is 0 Å². The second-order valence-corrected chi connectivity index (χ2v) is 9.84. The van der Waals surface area contributed by atoms with E-state index in [2.05, 4.69) is 15.5 Å². The second-order valence-electron chi connectivity index (χ2n) is 7.86. The van der Waals surface area contributed by atoms with E-state index in [1.807, 2.05) is 0 Å². The van der Waals surface area contributed by atoms with E-state index in [0.717, 1.165) is 25.7 Å². The highest BCUT2D eigenvalue weighted by molar-refractivity contribution is 7.88. The van der Waals surface area contributed by atoms with Gasteiger partial charge in [0.15, 0.2) is 0 Å². The zero-order valence-electron chi connectivity index (χ0n) is 17.3. The lowest BCUT2D eigenvalue weighted by atomic mass is 9.99. The lowest BCUT2D eigenvalue weighted by Crippen LogP contribution is -2.55. The molecule has 1 unspecified atom stereocenters. The highest BCUT2D eigenvalue weighted by Gasteiger charge is 2.33. The van der Waals surface area contributed by atoms with Crippen molar-refractivity contribution in [1.29, 1.82) is 0 Å². The monoisotopic (exact) mass is 442 g/mol. The molecule has 0 radical (unpaired) electrons. The Morgan fingerprint density at radius 2 is 1.97 bits per heavy atom. The number of hydrogen-bond acceptors (Lipinski definition) is 5. The number of urea groups is 1. The molecule has 2 saturated heterocycles. The Kier molecular flexibility index (Phi) is 8.04. The van der Waals surface area contributed by atoms with E-state index in [0.29, 0.717) is 45.4 Å². The van der Waals surface area contributed by atoms with E-state index in [4.69, 9.17) is 4.74 Å². The fourth-order valence-electron chi connectivity index (χ4n) is 4.20. The lowest BCUT2D eigenvalue weighted by molar-refractivity contribution is 0.00702. The number of para-hydroxylation sites is 1. The van der Waals surface area contributed by atoms with Gasteiger partial charge in [-0.3, -0.25) is 4.90 Å². The van der Waals surface area contributed by atoms with Crippen molar-refractivity contribution < 1.29 is 22.3 Å². The number of hydrogen-bond donors (Lipinski definition) is 2. The van der Waals surface area contributed by atoms with Crippen LogP contribution in [0.15, 0.2) is 24.3 Å². The van der Waals surface area contributed by atoms with Gasteiger partial charge in [0.25, 0.3) is 0 Å². The van der Waals surface area contributed by atoms with Crippen LogP contribution in [0.2, 0.25) is 0 Å². The number of ether oxygens (including phenoxy) is 1. The third-order valence-electron chi connectivity index (χ3n) is 5.73. The van der Waals surface area contributed by atoms with Crippen LogP contribution in [0.25, 0.3) is 0 Å². The van der Waals surface area contributed by atoms with Crippen LogP contribution in [-0.4, -0.2) is 81.4 Å². The summed E-state index contributed by atoms with van der Waals surface area (Å²) in [7, 11) is -3.23. The van der Waals surface area contributed by atoms with Crippen LogP contribution in [0.3, 0.4) is 0 Å². The van der Waals surface area contributed by atoms with Gasteiger partial charge < -0.3 is 15.4 Å². The minimum atomic E-state index is -3.23. The van der Waals surface area contributed by atoms with E-state index >= 15 is 0 Å². The molecule has 0 aliphatic carbocycles. The van der Waals surface area contributed by atoms with Crippen LogP contribution in [0.4, 0.5) is 14.9 Å². The molecule has 8 nitrogen and oxygen atoms in total. The lowest BCUT2D eigenvalue weighted by Gasteiger charge is -2.43. The topological polar surface area (TPSA) is 91.0 Å². The number of rotatable bonds is 7. The third-order valence-corrected chi connectivity index (χ3v) is 7.00. The molecule has 0 saturated carbocycles. The Morgan fingerprint density at radius 3 is 2.67 bits per heavy atom. The Balaban J connectivity index is 1.59. The molecule has 2 heterocycles. The maximum atomic E-state index is 13.7. The molecule has 2 N–H and O–H groups in total. The molecule has 1 aromatic rings. The molecule has 2 aliphatic heterocycles. The maximum Gasteiger partial charge on any atom is 0.319 e. The zero-order valence-corrected chi connectivity index (χ0v) is 18.2. The van der Waals surface area contributed by atoms with Gasteiger partial charge in [-0.25, -0.2) is 21.9 Å². The van der Waals surface area contributed by atoms with E-state index < -0.39 is 21.9 Å². The largest absolute Gasteiger partial charge is 0.381 e. The van der Waals surface area contributed by atoms with Gasteiger partial charge in [0, 0.05) is 51.5 Å². The SMILES string of the molecule is CS(=O)(=O)N1CCCC(N(CCNC(=O)Nc2ccccc2F)C2CCOCC2)C1. The molecule has 0 bridgehead atoms. The fourth-order valence-corrected chi connectivity index (χ4v) is 5.10. The van der Waals surface area contributed by atoms with Crippen LogP contribution in [0.1, 0.15) is 25.7 Å². The van der Waals surface area contributed by atoms with Gasteiger partial charge in [-0.05, 0) is 37.8 Å². The van der Waals surface area contributed by atoms with E-state index in [-0.39, 0.29) is 11.7 Å². The number of anilines is 1. The smallest absolute Gasteiger partial charge is 0.319 e. The highest BCUT2D eigenvalue weighted by atomic mass is 32.2. The maximum absolute atomic E-state index is 13.7. The van der Waals surface area contributed by atoms with Crippen LogP contribution < -0.4 is 10.6 Å². The average molecular weight is 443 g/mol. The molecule has 2 aliphatic rings. The molecular weight excluding hydrogens is 411 g/mol. The zero-order chi connectivity index (χ0) is 21.6. The summed E-state index contributed by atoms with van der Waals surface area (Å²) in [6.07, 6.45) is 4.76. The number of nitrogens with zero attached hydrogens (tertiary/aromatic N) is 2. The first-order chi connectivity index (χ1) is 14.3. The first-order valence-corrected chi connectivity index (χ1v) is 12.3. The summed E-state index contributed by atoms with van der Waals surface area (Å²) in [5.74, 6) is -0.487. The van der Waals surface area contributed by atoms with E-state index in [1.165, 1.54) is 18.4 Å². The molecule has 1 aromatic carbocycles. The van der Waals surface area contributed by atoms with Crippen molar-refractivity contribution in [3.8, 4) is 0 Å². The summed E-state index contributed by atoms with van der Waals surface area (Å²) in [4.78, 5) is 14.5. The van der Waals surface area contributed by atoms with Crippen molar-refractivity contribution in [2.75, 3.05) is 51.0 Å². The van der Waals surface area contributed by atoms with Gasteiger partial charge >= 0.3 is 6.03 Å². The molecule has 2 fully saturated rings. The summed E-state index contributed by atoms with van der Waals surface area (Å²) in [5, 5.41) is 5.31. The van der Waals surface area contributed by atoms with Gasteiger partial charge in [0.1, 0.15) is 5.82 Å². The van der Waals surface area contributed by atoms with Crippen molar-refractivity contribution in [1.82, 2.24) is 14.5 Å². The van der Waals surface area contributed by atoms with Gasteiger partial charge in [-0.2, -0.15) is 0 Å². The Hall–Kier alpha value is -1.75. The minimum absolute atomic E-state index is 0.105. The third kappa shape index (κ3) is 6.37. The first kappa shape index (κ1) is 22.9. The summed E-state index contributed by atoms with van der Waals surface area (Å²) >= 11 is 0. The van der Waals surface area contributed by atoms with Gasteiger partial charge in [-0.15, -0.1) is 0 Å². The number of benzene rings is 1. The standard InChI is InChI=1S/C20H31FN4O4S/c1-30(27,28)24-11-4-5-17(15-24)25(16-8-13-29-14-9-16)12-10-22-20(26)23-19-7-3-2-6-18(19)21/h2-3,6-7,16-17H,4-5,8-15H2,1H3,(H2,22,23,26). The molecule has 30 heavy (non-hydrogen) atoms. The molecule has 3 rings (SSSR count). The van der Waals surface area contributed by atoms with Crippen molar-refractivity contribution in [3.05, 3.63) is 30.1 Å². The first-order valence-electron chi connectivity index (χ1n) is 10.4. The number of nitrogens with one attached hydrogen (secondary N) is 2. The number of sulfonamides is 1. The Morgan fingerprint density at radius 1 is 1.23 bits per heavy atom. The Bertz CT molecular complexity index is 817. The van der Waals surface area contributed by atoms with Crippen LogP contribution in [0, 0.1) is 5.82 Å². The van der Waals surface area contributed by atoms with E-state index in [9.17, 15) is 17.6 Å². The van der Waals surface area contributed by atoms with Crippen molar-refractivity contribution in [2.45, 2.75) is 37.8 Å². The summed E-state index contributed by atoms with van der Waals surface area (Å²) in [6.45, 7) is 3.37. The van der Waals surface area contributed by atoms with E-state index in [1.54, 1.807) is 16.4 Å². The molecule has 1 atom stereocenters. The normalized spacial score (nSPS) is 21.5. The predicted octanol–water partition coefficient (Wildman–Crippen LogP) is 1.85. The highest BCUT2D eigenvalue weighted by Crippen LogP contribution is 2.24. The minimum Gasteiger partial charge on any atom is -0.381 e. The molecule has 2 amide bonds. The van der Waals surface area contributed by atoms with Crippen molar-refractivity contribution >= 4 is 21.7 Å². The summed E-state index contributed by atoms with van der Waals surface area (Å²) in [5.41, 5.74) is 0.132. The van der Waals surface area contributed by atoms with Crippen LogP contribution in [-0.2, 0) is 14.8 Å². The summed E-state index contributed by atoms with van der Waals surface area (Å²) < 4.78 is 44.8. The molecule has 0 spiro atoms. The molecule has 0 aromatic heterocycles. The van der Waals surface area contributed by atoms with Gasteiger partial charge in [0.05, 0.1) is 11.9 Å². The van der Waals surface area contributed by atoms with Gasteiger partial charge in [0.2, 0.25) is 10.0 Å². The molecule has 168 valence electrons. The van der Waals surface area contributed by atoms with Crippen LogP contribution in [0.5, 0.6) is 0 Å². The van der Waals surface area contributed by atoms with Gasteiger partial charge in [-0.1, -0.05) is 12.1 Å². The number of carbonyl (C=O) groups is 1. The number of halogens is 1. The quantitative estimate of drug-likeness (QED) is 0.673. The fraction of sp³-hybridized carbons (Fsp3) is 0.650. The number of piperidine rings is 1. The molecule has 10 heteroatoms. The Labute approximate surface area is 177 Å². The second kappa shape index (κ2) is 10.5. The average Bonchev–Trinajstić information content (AvgIpc) is 2.73. The number of amides is 2.